The lowest BCUT2D eigenvalue weighted by Crippen LogP contribution is -2.49. The molecule has 1 aromatic carbocycles. The second kappa shape index (κ2) is 10.0. The van der Waals surface area contributed by atoms with E-state index >= 15 is 0 Å². The maximum atomic E-state index is 13.3. The number of anilines is 1. The van der Waals surface area contributed by atoms with E-state index in [0.29, 0.717) is 31.3 Å². The monoisotopic (exact) mass is 393 g/mol. The summed E-state index contributed by atoms with van der Waals surface area (Å²) < 4.78 is 18.6. The van der Waals surface area contributed by atoms with Gasteiger partial charge in [-0.1, -0.05) is 0 Å². The van der Waals surface area contributed by atoms with Crippen molar-refractivity contribution in [2.24, 2.45) is 0 Å². The van der Waals surface area contributed by atoms with E-state index in [2.05, 4.69) is 10.2 Å². The molecule has 1 unspecified atom stereocenters. The van der Waals surface area contributed by atoms with Gasteiger partial charge in [-0.2, -0.15) is 0 Å². The predicted octanol–water partition coefficient (Wildman–Crippen LogP) is 2.47. The van der Waals surface area contributed by atoms with Gasteiger partial charge in [-0.3, -0.25) is 4.79 Å². The summed E-state index contributed by atoms with van der Waals surface area (Å²) in [6.07, 6.45) is 2.86. The van der Waals surface area contributed by atoms with Gasteiger partial charge in [0, 0.05) is 44.7 Å². The lowest BCUT2D eigenvalue weighted by Gasteiger charge is -2.37. The van der Waals surface area contributed by atoms with Crippen LogP contribution in [0.25, 0.3) is 0 Å². The topological polar surface area (TPSA) is 44.8 Å². The molecule has 2 aliphatic heterocycles. The third-order valence-electron chi connectivity index (χ3n) is 4.70. The number of hydrogen-bond donors (Lipinski definition) is 1. The Labute approximate surface area is 160 Å². The Kier molecular flexibility index (Phi) is 8.76. The van der Waals surface area contributed by atoms with Crippen molar-refractivity contribution in [1.82, 2.24) is 10.2 Å². The third-order valence-corrected chi connectivity index (χ3v) is 4.70. The molecule has 3 rings (SSSR count). The van der Waals surface area contributed by atoms with E-state index in [4.69, 9.17) is 4.74 Å². The SMILES string of the molecule is COc1cc(F)ccc1N1CCN(C(=O)CC2CCCN2)CC1.Cl.Cl. The molecule has 0 radical (unpaired) electrons. The summed E-state index contributed by atoms with van der Waals surface area (Å²) in [6, 6.07) is 4.94. The summed E-state index contributed by atoms with van der Waals surface area (Å²) in [7, 11) is 1.55. The Morgan fingerprint density at radius 3 is 2.60 bits per heavy atom. The molecule has 0 saturated carbocycles. The van der Waals surface area contributed by atoms with Gasteiger partial charge in [0.25, 0.3) is 0 Å². The Morgan fingerprint density at radius 1 is 1.28 bits per heavy atom. The zero-order valence-electron chi connectivity index (χ0n) is 14.4. The zero-order chi connectivity index (χ0) is 16.2. The second-order valence-electron chi connectivity index (χ2n) is 6.18. The Hall–Kier alpha value is -1.24. The first kappa shape index (κ1) is 21.8. The van der Waals surface area contributed by atoms with Crippen molar-refractivity contribution >= 4 is 36.4 Å². The minimum atomic E-state index is -0.302. The van der Waals surface area contributed by atoms with Gasteiger partial charge >= 0.3 is 0 Å². The van der Waals surface area contributed by atoms with Gasteiger partial charge in [0.2, 0.25) is 5.91 Å². The quantitative estimate of drug-likeness (QED) is 0.853. The summed E-state index contributed by atoms with van der Waals surface area (Å²) in [5.41, 5.74) is 0.887. The van der Waals surface area contributed by atoms with E-state index < -0.39 is 0 Å². The maximum absolute atomic E-state index is 13.3. The Morgan fingerprint density at radius 2 is 2.00 bits per heavy atom. The molecule has 2 heterocycles. The number of carbonyl (C=O) groups is 1. The predicted molar refractivity (Wildman–Crippen MR) is 102 cm³/mol. The number of piperazine rings is 1. The molecule has 2 aliphatic rings. The van der Waals surface area contributed by atoms with Gasteiger partial charge < -0.3 is 19.9 Å². The molecule has 25 heavy (non-hydrogen) atoms. The molecule has 0 bridgehead atoms. The summed E-state index contributed by atoms with van der Waals surface area (Å²) in [5, 5.41) is 3.37. The highest BCUT2D eigenvalue weighted by Gasteiger charge is 2.25. The van der Waals surface area contributed by atoms with Gasteiger partial charge in [-0.05, 0) is 31.5 Å². The standard InChI is InChI=1S/C17H24FN3O2.2ClH/c1-23-16-11-13(18)4-5-15(16)20-7-9-21(10-8-20)17(22)12-14-3-2-6-19-14;;/h4-5,11,14,19H,2-3,6-10,12H2,1H3;2*1H. The number of amides is 1. The van der Waals surface area contributed by atoms with Crippen molar-refractivity contribution in [2.75, 3.05) is 44.7 Å². The number of halogens is 3. The highest BCUT2D eigenvalue weighted by atomic mass is 35.5. The van der Waals surface area contributed by atoms with Crippen molar-refractivity contribution in [3.05, 3.63) is 24.0 Å². The molecule has 0 aromatic heterocycles. The van der Waals surface area contributed by atoms with Gasteiger partial charge in [0.1, 0.15) is 11.6 Å². The van der Waals surface area contributed by atoms with Crippen LogP contribution >= 0.6 is 24.8 Å². The molecule has 1 amide bonds. The van der Waals surface area contributed by atoms with Crippen molar-refractivity contribution in [3.8, 4) is 5.75 Å². The maximum Gasteiger partial charge on any atom is 0.224 e. The third kappa shape index (κ3) is 5.36. The van der Waals surface area contributed by atoms with Crippen molar-refractivity contribution in [1.29, 1.82) is 0 Å². The first-order chi connectivity index (χ1) is 11.2. The molecule has 2 fully saturated rings. The van der Waals surface area contributed by atoms with Gasteiger partial charge in [0.15, 0.2) is 0 Å². The fraction of sp³-hybridized carbons (Fsp3) is 0.588. The first-order valence-electron chi connectivity index (χ1n) is 8.27. The van der Waals surface area contributed by atoms with Crippen LogP contribution in [-0.4, -0.2) is 56.7 Å². The molecule has 8 heteroatoms. The lowest BCUT2D eigenvalue weighted by atomic mass is 10.1. The summed E-state index contributed by atoms with van der Waals surface area (Å²) in [6.45, 7) is 3.91. The fourth-order valence-electron chi connectivity index (χ4n) is 3.38. The number of nitrogens with one attached hydrogen (secondary N) is 1. The number of carbonyl (C=O) groups excluding carboxylic acids is 1. The molecule has 5 nitrogen and oxygen atoms in total. The largest absolute Gasteiger partial charge is 0.494 e. The number of methoxy groups -OCH3 is 1. The van der Waals surface area contributed by atoms with Crippen LogP contribution in [0, 0.1) is 5.82 Å². The smallest absolute Gasteiger partial charge is 0.224 e. The van der Waals surface area contributed by atoms with Gasteiger partial charge in [-0.25, -0.2) is 4.39 Å². The van der Waals surface area contributed by atoms with E-state index in [1.54, 1.807) is 13.2 Å². The lowest BCUT2D eigenvalue weighted by molar-refractivity contribution is -0.131. The van der Waals surface area contributed by atoms with Gasteiger partial charge in [0.05, 0.1) is 12.8 Å². The molecule has 1 atom stereocenters. The van der Waals surface area contributed by atoms with Crippen LogP contribution in [0.2, 0.25) is 0 Å². The van der Waals surface area contributed by atoms with E-state index in [9.17, 15) is 9.18 Å². The Bertz CT molecular complexity index is 563. The summed E-state index contributed by atoms with van der Waals surface area (Å²) in [5.74, 6) is 0.471. The molecule has 0 spiro atoms. The normalized spacial score (nSPS) is 19.8. The Balaban J connectivity index is 0.00000156. The number of benzene rings is 1. The average Bonchev–Trinajstić information content (AvgIpc) is 3.08. The van der Waals surface area contributed by atoms with Crippen LogP contribution in [0.15, 0.2) is 18.2 Å². The molecule has 1 N–H and O–H groups in total. The molecule has 1 aromatic rings. The van der Waals surface area contributed by atoms with Gasteiger partial charge in [-0.15, -0.1) is 24.8 Å². The number of nitrogens with zero attached hydrogens (tertiary/aromatic N) is 2. The summed E-state index contributed by atoms with van der Waals surface area (Å²) >= 11 is 0. The van der Waals surface area contributed by atoms with E-state index in [-0.39, 0.29) is 36.5 Å². The van der Waals surface area contributed by atoms with Crippen LogP contribution in [0.1, 0.15) is 19.3 Å². The number of hydrogen-bond acceptors (Lipinski definition) is 4. The minimum Gasteiger partial charge on any atom is -0.494 e. The van der Waals surface area contributed by atoms with Crippen LogP contribution in [-0.2, 0) is 4.79 Å². The van der Waals surface area contributed by atoms with Crippen LogP contribution < -0.4 is 15.0 Å². The van der Waals surface area contributed by atoms with Crippen LogP contribution in [0.4, 0.5) is 10.1 Å². The van der Waals surface area contributed by atoms with E-state index in [1.165, 1.54) is 12.1 Å². The van der Waals surface area contributed by atoms with E-state index in [1.807, 2.05) is 4.90 Å². The number of rotatable bonds is 4. The second-order valence-corrected chi connectivity index (χ2v) is 6.18. The highest BCUT2D eigenvalue weighted by Crippen LogP contribution is 2.29. The molecule has 2 saturated heterocycles. The molecular formula is C17H26Cl2FN3O2. The zero-order valence-corrected chi connectivity index (χ0v) is 16.0. The highest BCUT2D eigenvalue weighted by molar-refractivity contribution is 5.85. The minimum absolute atomic E-state index is 0. The first-order valence-corrected chi connectivity index (χ1v) is 8.27. The van der Waals surface area contributed by atoms with Crippen LogP contribution in [0.3, 0.4) is 0 Å². The number of ether oxygens (including phenoxy) is 1. The summed E-state index contributed by atoms with van der Waals surface area (Å²) in [4.78, 5) is 16.4. The van der Waals surface area contributed by atoms with Crippen molar-refractivity contribution in [2.45, 2.75) is 25.3 Å². The van der Waals surface area contributed by atoms with E-state index in [0.717, 1.165) is 38.2 Å². The molecule has 0 aliphatic carbocycles. The van der Waals surface area contributed by atoms with Crippen molar-refractivity contribution in [3.63, 3.8) is 0 Å². The average molecular weight is 394 g/mol. The fourth-order valence-corrected chi connectivity index (χ4v) is 3.38. The molecule has 142 valence electrons. The van der Waals surface area contributed by atoms with Crippen LogP contribution in [0.5, 0.6) is 5.75 Å². The van der Waals surface area contributed by atoms with Crippen molar-refractivity contribution < 1.29 is 13.9 Å². The molecular weight excluding hydrogens is 368 g/mol.